The normalized spacial score (nSPS) is 10.1. The number of ketones is 1. The van der Waals surface area contributed by atoms with Gasteiger partial charge >= 0.3 is 5.97 Å². The summed E-state index contributed by atoms with van der Waals surface area (Å²) in [5.74, 6) is -1.40. The standard InChI is InChI=1S/C21H16N2O4/c24-19(14-27-21(26)16-9-6-12-22-13-16)23-18-11-5-4-10-17(18)20(25)15-7-2-1-3-8-15/h1-13H,14H2,(H,23,24). The van der Waals surface area contributed by atoms with Gasteiger partial charge in [-0.2, -0.15) is 0 Å². The smallest absolute Gasteiger partial charge is 0.340 e. The summed E-state index contributed by atoms with van der Waals surface area (Å²) in [5.41, 5.74) is 1.48. The summed E-state index contributed by atoms with van der Waals surface area (Å²) in [5, 5.41) is 2.62. The molecule has 0 radical (unpaired) electrons. The van der Waals surface area contributed by atoms with E-state index in [-0.39, 0.29) is 11.3 Å². The molecule has 1 heterocycles. The average Bonchev–Trinajstić information content (AvgIpc) is 2.73. The molecule has 0 bridgehead atoms. The van der Waals surface area contributed by atoms with Crippen molar-refractivity contribution >= 4 is 23.3 Å². The fraction of sp³-hybridized carbons (Fsp3) is 0.0476. The predicted molar refractivity (Wildman–Crippen MR) is 99.5 cm³/mol. The molecule has 0 aliphatic heterocycles. The van der Waals surface area contributed by atoms with Crippen LogP contribution >= 0.6 is 0 Å². The lowest BCUT2D eigenvalue weighted by atomic mass is 10.0. The van der Waals surface area contributed by atoms with E-state index in [0.29, 0.717) is 16.8 Å². The van der Waals surface area contributed by atoms with Crippen molar-refractivity contribution in [3.8, 4) is 0 Å². The number of carbonyl (C=O) groups excluding carboxylic acids is 3. The maximum absolute atomic E-state index is 12.7. The number of carbonyl (C=O) groups is 3. The third kappa shape index (κ3) is 4.64. The highest BCUT2D eigenvalue weighted by molar-refractivity contribution is 6.13. The summed E-state index contributed by atoms with van der Waals surface area (Å²) < 4.78 is 4.97. The van der Waals surface area contributed by atoms with Crippen LogP contribution in [-0.2, 0) is 9.53 Å². The van der Waals surface area contributed by atoms with Gasteiger partial charge in [0.1, 0.15) is 0 Å². The van der Waals surface area contributed by atoms with Crippen LogP contribution in [0.5, 0.6) is 0 Å². The largest absolute Gasteiger partial charge is 0.452 e. The number of amides is 1. The Labute approximate surface area is 155 Å². The first-order chi connectivity index (χ1) is 13.1. The SMILES string of the molecule is O=C(COC(=O)c1cccnc1)Nc1ccccc1C(=O)c1ccccc1. The van der Waals surface area contributed by atoms with Gasteiger partial charge in [-0.05, 0) is 24.3 Å². The van der Waals surface area contributed by atoms with Gasteiger partial charge in [0.25, 0.3) is 5.91 Å². The number of hydrogen-bond donors (Lipinski definition) is 1. The summed E-state index contributed by atoms with van der Waals surface area (Å²) in [7, 11) is 0. The van der Waals surface area contributed by atoms with Gasteiger partial charge in [-0.1, -0.05) is 42.5 Å². The Hall–Kier alpha value is -3.80. The second-order valence-corrected chi connectivity index (χ2v) is 5.61. The van der Waals surface area contributed by atoms with Crippen LogP contribution in [0.4, 0.5) is 5.69 Å². The second-order valence-electron chi connectivity index (χ2n) is 5.61. The van der Waals surface area contributed by atoms with Crippen LogP contribution in [0, 0.1) is 0 Å². The molecule has 1 amide bonds. The summed E-state index contributed by atoms with van der Waals surface area (Å²) in [6.07, 6.45) is 2.89. The maximum atomic E-state index is 12.7. The van der Waals surface area contributed by atoms with E-state index in [1.165, 1.54) is 12.4 Å². The number of benzene rings is 2. The topological polar surface area (TPSA) is 85.4 Å². The van der Waals surface area contributed by atoms with Crippen molar-refractivity contribution in [3.05, 3.63) is 95.8 Å². The summed E-state index contributed by atoms with van der Waals surface area (Å²) in [4.78, 5) is 40.5. The lowest BCUT2D eigenvalue weighted by molar-refractivity contribution is -0.119. The van der Waals surface area contributed by atoms with Gasteiger partial charge in [0.2, 0.25) is 0 Å². The molecule has 2 aromatic carbocycles. The quantitative estimate of drug-likeness (QED) is 0.539. The van der Waals surface area contributed by atoms with Gasteiger partial charge in [-0.15, -0.1) is 0 Å². The van der Waals surface area contributed by atoms with E-state index in [0.717, 1.165) is 0 Å². The number of anilines is 1. The Morgan fingerprint density at radius 1 is 0.852 bits per heavy atom. The van der Waals surface area contributed by atoms with E-state index in [9.17, 15) is 14.4 Å². The molecule has 1 aromatic heterocycles. The number of pyridine rings is 1. The van der Waals surface area contributed by atoms with Crippen molar-refractivity contribution in [2.24, 2.45) is 0 Å². The molecule has 3 rings (SSSR count). The van der Waals surface area contributed by atoms with Crippen molar-refractivity contribution < 1.29 is 19.1 Å². The fourth-order valence-corrected chi connectivity index (χ4v) is 2.42. The molecule has 0 fully saturated rings. The highest BCUT2D eigenvalue weighted by Gasteiger charge is 2.16. The molecule has 3 aromatic rings. The molecule has 0 aliphatic carbocycles. The van der Waals surface area contributed by atoms with E-state index >= 15 is 0 Å². The molecule has 6 nitrogen and oxygen atoms in total. The van der Waals surface area contributed by atoms with Gasteiger partial charge in [0.15, 0.2) is 12.4 Å². The van der Waals surface area contributed by atoms with E-state index in [1.807, 2.05) is 6.07 Å². The number of ether oxygens (including phenoxy) is 1. The number of nitrogens with one attached hydrogen (secondary N) is 1. The number of rotatable bonds is 6. The van der Waals surface area contributed by atoms with E-state index < -0.39 is 18.5 Å². The molecular formula is C21H16N2O4. The summed E-state index contributed by atoms with van der Waals surface area (Å²) in [6, 6.07) is 18.6. The first-order valence-electron chi connectivity index (χ1n) is 8.21. The van der Waals surface area contributed by atoms with Gasteiger partial charge in [0, 0.05) is 23.5 Å². The van der Waals surface area contributed by atoms with Crippen LogP contribution in [0.2, 0.25) is 0 Å². The molecule has 1 N–H and O–H groups in total. The molecular weight excluding hydrogens is 344 g/mol. The minimum absolute atomic E-state index is 0.209. The number of para-hydroxylation sites is 1. The molecule has 0 unspecified atom stereocenters. The van der Waals surface area contributed by atoms with E-state index in [1.54, 1.807) is 60.7 Å². The molecule has 27 heavy (non-hydrogen) atoms. The Morgan fingerprint density at radius 2 is 1.56 bits per heavy atom. The van der Waals surface area contributed by atoms with Crippen LogP contribution < -0.4 is 5.32 Å². The third-order valence-corrected chi connectivity index (χ3v) is 3.71. The minimum atomic E-state index is -0.646. The Bertz CT molecular complexity index is 956. The predicted octanol–water partition coefficient (Wildman–Crippen LogP) is 3.11. The summed E-state index contributed by atoms with van der Waals surface area (Å²) >= 11 is 0. The molecule has 134 valence electrons. The van der Waals surface area contributed by atoms with Crippen molar-refractivity contribution in [3.63, 3.8) is 0 Å². The minimum Gasteiger partial charge on any atom is -0.452 e. The van der Waals surface area contributed by atoms with E-state index in [4.69, 9.17) is 4.74 Å². The van der Waals surface area contributed by atoms with Crippen LogP contribution in [-0.4, -0.2) is 29.3 Å². The van der Waals surface area contributed by atoms with Crippen LogP contribution in [0.15, 0.2) is 79.1 Å². The number of aromatic nitrogens is 1. The molecule has 6 heteroatoms. The molecule has 0 spiro atoms. The van der Waals surface area contributed by atoms with Crippen LogP contribution in [0.25, 0.3) is 0 Å². The van der Waals surface area contributed by atoms with Gasteiger partial charge < -0.3 is 10.1 Å². The monoisotopic (exact) mass is 360 g/mol. The third-order valence-electron chi connectivity index (χ3n) is 3.71. The highest BCUT2D eigenvalue weighted by Crippen LogP contribution is 2.19. The lowest BCUT2D eigenvalue weighted by Gasteiger charge is -2.11. The van der Waals surface area contributed by atoms with E-state index in [2.05, 4.69) is 10.3 Å². The van der Waals surface area contributed by atoms with Crippen molar-refractivity contribution in [1.82, 2.24) is 4.98 Å². The van der Waals surface area contributed by atoms with Gasteiger partial charge in [-0.25, -0.2) is 4.79 Å². The van der Waals surface area contributed by atoms with Crippen molar-refractivity contribution in [1.29, 1.82) is 0 Å². The second kappa shape index (κ2) is 8.53. The first-order valence-corrected chi connectivity index (χ1v) is 8.21. The van der Waals surface area contributed by atoms with Crippen molar-refractivity contribution in [2.75, 3.05) is 11.9 Å². The number of hydrogen-bond acceptors (Lipinski definition) is 5. The van der Waals surface area contributed by atoms with Gasteiger partial charge in [0.05, 0.1) is 11.3 Å². The zero-order valence-electron chi connectivity index (χ0n) is 14.3. The average molecular weight is 360 g/mol. The first kappa shape index (κ1) is 18.0. The number of nitrogens with zero attached hydrogens (tertiary/aromatic N) is 1. The molecule has 0 atom stereocenters. The Kier molecular flexibility index (Phi) is 5.69. The van der Waals surface area contributed by atoms with Crippen LogP contribution in [0.3, 0.4) is 0 Å². The maximum Gasteiger partial charge on any atom is 0.340 e. The molecule has 0 saturated heterocycles. The zero-order valence-corrected chi connectivity index (χ0v) is 14.3. The Balaban J connectivity index is 1.66. The highest BCUT2D eigenvalue weighted by atomic mass is 16.5. The molecule has 0 saturated carbocycles. The fourth-order valence-electron chi connectivity index (χ4n) is 2.42. The summed E-state index contributed by atoms with van der Waals surface area (Å²) in [6.45, 7) is -0.471. The van der Waals surface area contributed by atoms with Crippen molar-refractivity contribution in [2.45, 2.75) is 0 Å². The number of esters is 1. The zero-order chi connectivity index (χ0) is 19.1. The van der Waals surface area contributed by atoms with Gasteiger partial charge in [-0.3, -0.25) is 14.6 Å². The lowest BCUT2D eigenvalue weighted by Crippen LogP contribution is -2.22. The molecule has 0 aliphatic rings. The van der Waals surface area contributed by atoms with Crippen LogP contribution in [0.1, 0.15) is 26.3 Å². The Morgan fingerprint density at radius 3 is 2.30 bits per heavy atom.